The van der Waals surface area contributed by atoms with Crippen LogP contribution in [0.3, 0.4) is 0 Å². The average Bonchev–Trinajstić information content (AvgIpc) is 3.80. The van der Waals surface area contributed by atoms with E-state index in [1.54, 1.807) is 24.3 Å². The molecule has 15 heteroatoms. The lowest BCUT2D eigenvalue weighted by Gasteiger charge is -2.34. The van der Waals surface area contributed by atoms with E-state index in [2.05, 4.69) is 32.3 Å². The summed E-state index contributed by atoms with van der Waals surface area (Å²) in [6.45, 7) is 10.6. The second-order valence-electron chi connectivity index (χ2n) is 15.5. The van der Waals surface area contributed by atoms with Crippen molar-refractivity contribution in [1.82, 2.24) is 39.6 Å². The Labute approximate surface area is 321 Å². The Kier molecular flexibility index (Phi) is 10.9. The first kappa shape index (κ1) is 37.6. The molecule has 15 nitrogen and oxygen atoms in total. The number of likely N-dealkylation sites (N-methyl/N-ethyl adjacent to an activating group) is 1. The Morgan fingerprint density at radius 3 is 2.58 bits per heavy atom. The molecular weight excluding hydrogens is 701 g/mol. The summed E-state index contributed by atoms with van der Waals surface area (Å²) in [7, 11) is 3.93. The van der Waals surface area contributed by atoms with Crippen molar-refractivity contribution in [3.05, 3.63) is 83.7 Å². The monoisotopic (exact) mass is 750 g/mol. The topological polar surface area (TPSA) is 144 Å². The molecule has 1 fully saturated rings. The first-order chi connectivity index (χ1) is 26.5. The normalized spacial score (nSPS) is 18.5. The number of anilines is 2. The Morgan fingerprint density at radius 2 is 1.82 bits per heavy atom. The van der Waals surface area contributed by atoms with Gasteiger partial charge in [-0.25, -0.2) is 4.79 Å². The predicted octanol–water partition coefficient (Wildman–Crippen LogP) is 6.19. The molecule has 0 bridgehead atoms. The molecule has 290 valence electrons. The van der Waals surface area contributed by atoms with E-state index in [1.165, 1.54) is 11.1 Å². The number of pyridine rings is 2. The molecule has 1 saturated heterocycles. The summed E-state index contributed by atoms with van der Waals surface area (Å²) in [6, 6.07) is 18.2. The number of piperidine rings is 1. The van der Waals surface area contributed by atoms with Gasteiger partial charge in [0.2, 0.25) is 11.8 Å². The Balaban J connectivity index is 1.13. The highest BCUT2D eigenvalue weighted by Crippen LogP contribution is 2.39. The van der Waals surface area contributed by atoms with E-state index in [0.29, 0.717) is 55.2 Å². The lowest BCUT2D eigenvalue weighted by Crippen LogP contribution is -2.43. The van der Waals surface area contributed by atoms with Crippen molar-refractivity contribution in [3.63, 3.8) is 0 Å². The smallest absolute Gasteiger partial charge is 0.357 e. The number of hydrogen-bond acceptors (Lipinski definition) is 11. The Morgan fingerprint density at radius 1 is 1.00 bits per heavy atom. The van der Waals surface area contributed by atoms with Crippen molar-refractivity contribution in [2.24, 2.45) is 0 Å². The number of benzene rings is 1. The van der Waals surface area contributed by atoms with E-state index >= 15 is 0 Å². The summed E-state index contributed by atoms with van der Waals surface area (Å²) >= 11 is 0. The predicted molar refractivity (Wildman–Crippen MR) is 208 cm³/mol. The van der Waals surface area contributed by atoms with Crippen molar-refractivity contribution in [3.8, 4) is 17.4 Å². The molecule has 0 saturated carbocycles. The molecule has 3 unspecified atom stereocenters. The van der Waals surface area contributed by atoms with E-state index < -0.39 is 11.4 Å². The largest absolute Gasteiger partial charge is 0.484 e. The maximum Gasteiger partial charge on any atom is 0.357 e. The van der Waals surface area contributed by atoms with Gasteiger partial charge in [0.15, 0.2) is 17.3 Å². The van der Waals surface area contributed by atoms with Gasteiger partial charge in [-0.2, -0.15) is 14.8 Å². The van der Waals surface area contributed by atoms with Crippen molar-refractivity contribution in [2.45, 2.75) is 83.4 Å². The van der Waals surface area contributed by atoms with Crippen LogP contribution in [0.4, 0.5) is 16.6 Å². The van der Waals surface area contributed by atoms with E-state index in [4.69, 9.17) is 19.4 Å². The minimum Gasteiger partial charge on any atom is -0.484 e. The number of urea groups is 1. The van der Waals surface area contributed by atoms with E-state index in [0.717, 1.165) is 47.2 Å². The fourth-order valence-corrected chi connectivity index (χ4v) is 7.15. The standard InChI is InChI=1S/C40H50N10O5/c1-27-12-9-10-21-47(27)38-44-43-35-20-17-28(25-48(35)38)55-32-19-18-31(29-13-7-8-14-30(29)32)41-39(52)50(54-26-51)37-24-33(40(2,3)4)45-49(37)34-15-11-16-36(42-34)53-23-22-46(5)6/h7-8,11,13-17,20,24-27,31-32H,9-10,12,18-19,21-23H2,1-6H3,(H,41,52). The fraction of sp³-hybridized carbons (Fsp3) is 0.450. The molecule has 0 radical (unpaired) electrons. The molecule has 1 N–H and O–H groups in total. The van der Waals surface area contributed by atoms with E-state index in [1.807, 2.05) is 86.8 Å². The Hall–Kier alpha value is -5.70. The number of nitrogens with one attached hydrogen (secondary N) is 1. The van der Waals surface area contributed by atoms with Gasteiger partial charge in [-0.3, -0.25) is 9.20 Å². The number of carbonyl (C=O) groups is 2. The molecule has 2 aliphatic rings. The minimum atomic E-state index is -0.635. The molecule has 2 amide bonds. The SMILES string of the molecule is CC1CCCCN1c1nnc2ccc(OC3CCC(NC(=O)N(OC=O)c4cc(C(C)(C)C)nn4-c4cccc(OCCN(C)C)n4)c4ccccc43)cn12. The highest BCUT2D eigenvalue weighted by molar-refractivity contribution is 5.90. The van der Waals surface area contributed by atoms with Crippen LogP contribution in [0.2, 0.25) is 0 Å². The quantitative estimate of drug-likeness (QED) is 0.115. The molecule has 1 aliphatic heterocycles. The first-order valence-corrected chi connectivity index (χ1v) is 18.9. The number of carbonyl (C=O) groups excluding carboxylic acids is 2. The molecule has 1 aromatic carbocycles. The van der Waals surface area contributed by atoms with Gasteiger partial charge in [0.25, 0.3) is 0 Å². The second kappa shape index (κ2) is 16.0. The van der Waals surface area contributed by atoms with Gasteiger partial charge in [0, 0.05) is 36.7 Å². The number of ether oxygens (including phenoxy) is 2. The van der Waals surface area contributed by atoms with Crippen LogP contribution in [0, 0.1) is 0 Å². The van der Waals surface area contributed by atoms with Crippen LogP contribution in [0.15, 0.2) is 66.9 Å². The van der Waals surface area contributed by atoms with Crippen molar-refractivity contribution in [2.75, 3.05) is 43.8 Å². The van der Waals surface area contributed by atoms with Gasteiger partial charge in [0.05, 0.1) is 17.9 Å². The van der Waals surface area contributed by atoms with Crippen LogP contribution in [-0.2, 0) is 15.0 Å². The molecule has 5 heterocycles. The zero-order valence-corrected chi connectivity index (χ0v) is 32.4. The third kappa shape index (κ3) is 8.21. The molecule has 7 rings (SSSR count). The zero-order valence-electron chi connectivity index (χ0n) is 32.4. The summed E-state index contributed by atoms with van der Waals surface area (Å²) in [4.78, 5) is 40.5. The van der Waals surface area contributed by atoms with Gasteiger partial charge in [-0.15, -0.1) is 15.3 Å². The highest BCUT2D eigenvalue weighted by Gasteiger charge is 2.34. The van der Waals surface area contributed by atoms with Gasteiger partial charge in [-0.1, -0.05) is 51.1 Å². The van der Waals surface area contributed by atoms with E-state index in [9.17, 15) is 9.59 Å². The Bertz CT molecular complexity index is 2120. The van der Waals surface area contributed by atoms with E-state index in [-0.39, 0.29) is 24.4 Å². The van der Waals surface area contributed by atoms with Gasteiger partial charge < -0.3 is 29.4 Å². The summed E-state index contributed by atoms with van der Waals surface area (Å²) in [5, 5.41) is 17.8. The minimum absolute atomic E-state index is 0.209. The highest BCUT2D eigenvalue weighted by atomic mass is 16.7. The number of amides is 2. The lowest BCUT2D eigenvalue weighted by molar-refractivity contribution is -0.129. The summed E-state index contributed by atoms with van der Waals surface area (Å²) in [6.07, 6.45) is 6.39. The number of aromatic nitrogens is 6. The number of fused-ring (bicyclic) bond motifs is 2. The zero-order chi connectivity index (χ0) is 38.7. The molecule has 1 aliphatic carbocycles. The molecule has 55 heavy (non-hydrogen) atoms. The van der Waals surface area contributed by atoms with Crippen LogP contribution in [0.5, 0.6) is 11.6 Å². The van der Waals surface area contributed by atoms with Crippen LogP contribution < -0.4 is 24.8 Å². The van der Waals surface area contributed by atoms with Crippen molar-refractivity contribution in [1.29, 1.82) is 0 Å². The van der Waals surface area contributed by atoms with Gasteiger partial charge >= 0.3 is 12.5 Å². The maximum atomic E-state index is 14.2. The lowest BCUT2D eigenvalue weighted by atomic mass is 9.85. The number of rotatable bonds is 12. The molecule has 0 spiro atoms. The fourth-order valence-electron chi connectivity index (χ4n) is 7.15. The maximum absolute atomic E-state index is 14.2. The van der Waals surface area contributed by atoms with Gasteiger partial charge in [0.1, 0.15) is 18.5 Å². The molecule has 5 aromatic rings. The number of hydrogen-bond donors (Lipinski definition) is 1. The van der Waals surface area contributed by atoms with Crippen molar-refractivity contribution >= 4 is 29.9 Å². The average molecular weight is 751 g/mol. The summed E-state index contributed by atoms with van der Waals surface area (Å²) < 4.78 is 16.0. The third-order valence-electron chi connectivity index (χ3n) is 10.1. The third-order valence-corrected chi connectivity index (χ3v) is 10.1. The van der Waals surface area contributed by atoms with Crippen molar-refractivity contribution < 1.29 is 23.9 Å². The van der Waals surface area contributed by atoms with Crippen LogP contribution in [0.1, 0.15) is 88.8 Å². The van der Waals surface area contributed by atoms with Crippen LogP contribution in [-0.4, -0.2) is 86.6 Å². The molecule has 4 aromatic heterocycles. The van der Waals surface area contributed by atoms with Crippen LogP contribution >= 0.6 is 0 Å². The summed E-state index contributed by atoms with van der Waals surface area (Å²) in [5.74, 6) is 2.54. The number of nitrogens with zero attached hydrogens (tertiary/aromatic N) is 9. The second-order valence-corrected chi connectivity index (χ2v) is 15.5. The first-order valence-electron chi connectivity index (χ1n) is 18.9. The number of hydroxylamine groups is 1. The van der Waals surface area contributed by atoms with Gasteiger partial charge in [-0.05, 0) is 82.4 Å². The molecule has 3 atom stereocenters. The summed E-state index contributed by atoms with van der Waals surface area (Å²) in [5.41, 5.74) is 2.92. The van der Waals surface area contributed by atoms with Crippen LogP contribution in [0.25, 0.3) is 11.5 Å². The molecular formula is C40H50N10O5.